The first-order chi connectivity index (χ1) is 17.5. The summed E-state index contributed by atoms with van der Waals surface area (Å²) in [5, 5.41) is 0. The lowest BCUT2D eigenvalue weighted by Crippen LogP contribution is -2.09. The topological polar surface area (TPSA) is 70.8 Å². The van der Waals surface area contributed by atoms with Crippen LogP contribution in [0.15, 0.2) is 89.0 Å². The molecular weight excluding hydrogens is 454 g/mol. The van der Waals surface area contributed by atoms with Crippen molar-refractivity contribution in [2.75, 3.05) is 13.7 Å². The Kier molecular flexibility index (Phi) is 8.19. The van der Waals surface area contributed by atoms with Gasteiger partial charge in [0.25, 0.3) is 0 Å². The first-order valence-corrected chi connectivity index (χ1v) is 11.8. The zero-order valence-corrected chi connectivity index (χ0v) is 20.7. The fraction of sp³-hybridized carbons (Fsp3) is 0.200. The molecule has 0 fully saturated rings. The Morgan fingerprint density at radius 3 is 2.39 bits per heavy atom. The molecule has 1 aromatic heterocycles. The van der Waals surface area contributed by atoms with Gasteiger partial charge in [-0.3, -0.25) is 0 Å². The number of nitrogens with zero attached hydrogens (tertiary/aromatic N) is 1. The molecule has 0 aliphatic rings. The molecule has 6 nitrogen and oxygen atoms in total. The first kappa shape index (κ1) is 24.8. The number of hydrogen-bond donors (Lipinski definition) is 0. The molecule has 0 unspecified atom stereocenters. The van der Waals surface area contributed by atoms with Crippen LogP contribution in [0.2, 0.25) is 0 Å². The molecule has 4 rings (SSSR count). The van der Waals surface area contributed by atoms with Gasteiger partial charge in [0.05, 0.1) is 19.4 Å². The predicted octanol–water partition coefficient (Wildman–Crippen LogP) is 6.31. The van der Waals surface area contributed by atoms with Crippen molar-refractivity contribution in [1.82, 2.24) is 4.98 Å². The number of carbonyl (C=O) groups is 1. The molecule has 0 saturated carbocycles. The Hall–Kier alpha value is -4.32. The second kappa shape index (κ2) is 11.9. The van der Waals surface area contributed by atoms with Gasteiger partial charge < -0.3 is 18.6 Å². The van der Waals surface area contributed by atoms with Crippen LogP contribution in [-0.2, 0) is 27.3 Å². The normalized spacial score (nSPS) is 11.2. The molecule has 3 aromatic carbocycles. The smallest absolute Gasteiger partial charge is 0.373 e. The van der Waals surface area contributed by atoms with E-state index >= 15 is 0 Å². The summed E-state index contributed by atoms with van der Waals surface area (Å²) in [7, 11) is 1.45. The lowest BCUT2D eigenvalue weighted by molar-refractivity contribution is -0.143. The number of carbonyl (C=O) groups excluding carboxylic acids is 1. The van der Waals surface area contributed by atoms with Gasteiger partial charge in [0.1, 0.15) is 18.1 Å². The largest absolute Gasteiger partial charge is 0.493 e. The van der Waals surface area contributed by atoms with Crippen LogP contribution >= 0.6 is 0 Å². The van der Waals surface area contributed by atoms with Crippen LogP contribution in [0.3, 0.4) is 0 Å². The molecular formula is C30H29NO5. The van der Waals surface area contributed by atoms with E-state index in [1.807, 2.05) is 92.7 Å². The standard InChI is InChI=1S/C30H29NO5/c1-21-18-24(19-28(33-3)30(32)35-20-23-10-6-4-7-11-23)14-15-27(21)34-17-16-26-22(2)36-29(31-26)25-12-8-5-9-13-25/h4-15,18-19H,16-17,20H2,1-3H3/b28-19+. The highest BCUT2D eigenvalue weighted by Crippen LogP contribution is 2.24. The second-order valence-corrected chi connectivity index (χ2v) is 8.29. The van der Waals surface area contributed by atoms with Crippen molar-refractivity contribution in [2.24, 2.45) is 0 Å². The van der Waals surface area contributed by atoms with Crippen LogP contribution in [0.5, 0.6) is 5.75 Å². The van der Waals surface area contributed by atoms with Gasteiger partial charge in [0.2, 0.25) is 11.6 Å². The van der Waals surface area contributed by atoms with Gasteiger partial charge in [-0.05, 0) is 60.9 Å². The summed E-state index contributed by atoms with van der Waals surface area (Å²) in [6.45, 7) is 4.53. The van der Waals surface area contributed by atoms with E-state index < -0.39 is 5.97 Å². The molecule has 0 atom stereocenters. The maximum atomic E-state index is 12.4. The summed E-state index contributed by atoms with van der Waals surface area (Å²) in [5.74, 6) is 1.79. The Bertz CT molecular complexity index is 1330. The SMILES string of the molecule is CO/C(=C/c1ccc(OCCc2nc(-c3ccccc3)oc2C)c(C)c1)C(=O)OCc1ccccc1. The number of benzene rings is 3. The van der Waals surface area contributed by atoms with E-state index in [0.717, 1.165) is 39.5 Å². The van der Waals surface area contributed by atoms with Gasteiger partial charge in [0, 0.05) is 12.0 Å². The molecule has 1 heterocycles. The number of esters is 1. The minimum Gasteiger partial charge on any atom is -0.493 e. The highest BCUT2D eigenvalue weighted by atomic mass is 16.6. The van der Waals surface area contributed by atoms with E-state index in [1.165, 1.54) is 7.11 Å². The van der Waals surface area contributed by atoms with E-state index in [2.05, 4.69) is 4.98 Å². The van der Waals surface area contributed by atoms with Gasteiger partial charge in [-0.1, -0.05) is 54.6 Å². The van der Waals surface area contributed by atoms with Gasteiger partial charge in [-0.2, -0.15) is 0 Å². The van der Waals surface area contributed by atoms with E-state index in [0.29, 0.717) is 18.9 Å². The number of ether oxygens (including phenoxy) is 3. The summed E-state index contributed by atoms with van der Waals surface area (Å²) in [6.07, 6.45) is 2.29. The summed E-state index contributed by atoms with van der Waals surface area (Å²) in [4.78, 5) is 17.1. The summed E-state index contributed by atoms with van der Waals surface area (Å²) >= 11 is 0. The molecule has 0 spiro atoms. The molecule has 0 saturated heterocycles. The molecule has 0 amide bonds. The van der Waals surface area contributed by atoms with Crippen molar-refractivity contribution in [3.63, 3.8) is 0 Å². The Labute approximate surface area is 211 Å². The van der Waals surface area contributed by atoms with Crippen molar-refractivity contribution in [3.8, 4) is 17.2 Å². The average molecular weight is 484 g/mol. The first-order valence-electron chi connectivity index (χ1n) is 11.8. The fourth-order valence-corrected chi connectivity index (χ4v) is 3.69. The predicted molar refractivity (Wildman–Crippen MR) is 138 cm³/mol. The molecule has 0 aliphatic carbocycles. The van der Waals surface area contributed by atoms with E-state index in [-0.39, 0.29) is 12.4 Å². The van der Waals surface area contributed by atoms with Gasteiger partial charge in [0.15, 0.2) is 0 Å². The van der Waals surface area contributed by atoms with Crippen molar-refractivity contribution in [1.29, 1.82) is 0 Å². The lowest BCUT2D eigenvalue weighted by atomic mass is 10.1. The third-order valence-corrected chi connectivity index (χ3v) is 5.64. The molecule has 4 aromatic rings. The lowest BCUT2D eigenvalue weighted by Gasteiger charge is -2.10. The minimum absolute atomic E-state index is 0.134. The molecule has 0 bridgehead atoms. The summed E-state index contributed by atoms with van der Waals surface area (Å²) < 4.78 is 22.5. The minimum atomic E-state index is -0.516. The molecule has 184 valence electrons. The zero-order valence-electron chi connectivity index (χ0n) is 20.7. The van der Waals surface area contributed by atoms with E-state index in [1.54, 1.807) is 6.08 Å². The maximum Gasteiger partial charge on any atom is 0.373 e. The van der Waals surface area contributed by atoms with Crippen LogP contribution in [0.25, 0.3) is 17.5 Å². The monoisotopic (exact) mass is 483 g/mol. The van der Waals surface area contributed by atoms with Crippen LogP contribution in [0, 0.1) is 13.8 Å². The summed E-state index contributed by atoms with van der Waals surface area (Å²) in [6, 6.07) is 25.0. The van der Waals surface area contributed by atoms with E-state index in [4.69, 9.17) is 18.6 Å². The molecule has 36 heavy (non-hydrogen) atoms. The Morgan fingerprint density at radius 2 is 1.69 bits per heavy atom. The van der Waals surface area contributed by atoms with E-state index in [9.17, 15) is 4.79 Å². The number of rotatable bonds is 10. The second-order valence-electron chi connectivity index (χ2n) is 8.29. The third kappa shape index (κ3) is 6.42. The number of methoxy groups -OCH3 is 1. The number of oxazole rings is 1. The summed E-state index contributed by atoms with van der Waals surface area (Å²) in [5.41, 5.74) is 4.50. The zero-order chi connectivity index (χ0) is 25.3. The highest BCUT2D eigenvalue weighted by molar-refractivity contribution is 5.91. The number of aryl methyl sites for hydroxylation is 2. The third-order valence-electron chi connectivity index (χ3n) is 5.64. The van der Waals surface area contributed by atoms with Crippen LogP contribution < -0.4 is 4.74 Å². The van der Waals surface area contributed by atoms with Crippen LogP contribution in [-0.4, -0.2) is 24.7 Å². The highest BCUT2D eigenvalue weighted by Gasteiger charge is 2.14. The van der Waals surface area contributed by atoms with Crippen LogP contribution in [0.1, 0.15) is 28.1 Å². The Balaban J connectivity index is 1.34. The molecule has 0 aliphatic heterocycles. The van der Waals surface area contributed by atoms with Gasteiger partial charge in [-0.25, -0.2) is 9.78 Å². The molecule has 0 radical (unpaired) electrons. The van der Waals surface area contributed by atoms with Gasteiger partial charge in [-0.15, -0.1) is 0 Å². The number of hydrogen-bond acceptors (Lipinski definition) is 6. The van der Waals surface area contributed by atoms with Crippen molar-refractivity contribution >= 4 is 12.0 Å². The van der Waals surface area contributed by atoms with Gasteiger partial charge >= 0.3 is 5.97 Å². The number of aromatic nitrogens is 1. The maximum absolute atomic E-state index is 12.4. The van der Waals surface area contributed by atoms with Crippen molar-refractivity contribution in [2.45, 2.75) is 26.9 Å². The average Bonchev–Trinajstić information content (AvgIpc) is 3.28. The van der Waals surface area contributed by atoms with Crippen molar-refractivity contribution in [3.05, 3.63) is 113 Å². The Morgan fingerprint density at radius 1 is 0.972 bits per heavy atom. The van der Waals surface area contributed by atoms with Crippen LogP contribution in [0.4, 0.5) is 0 Å². The molecule has 6 heteroatoms. The fourth-order valence-electron chi connectivity index (χ4n) is 3.69. The van der Waals surface area contributed by atoms with Crippen molar-refractivity contribution < 1.29 is 23.4 Å². The molecule has 0 N–H and O–H groups in total. The quantitative estimate of drug-likeness (QED) is 0.150.